The molecule has 0 amide bonds. The molecule has 8 aromatic rings. The van der Waals surface area contributed by atoms with E-state index in [-0.39, 0.29) is 24.6 Å². The molecule has 0 atom stereocenters. The smallest absolute Gasteiger partial charge is 0.507 e. The van der Waals surface area contributed by atoms with Crippen molar-refractivity contribution >= 4 is 67.9 Å². The van der Waals surface area contributed by atoms with Crippen LogP contribution in [0.1, 0.15) is 19.8 Å². The van der Waals surface area contributed by atoms with E-state index >= 15 is 0 Å². The zero-order valence-electron chi connectivity index (χ0n) is 26.5. The van der Waals surface area contributed by atoms with E-state index in [2.05, 4.69) is 92.4 Å². The van der Waals surface area contributed by atoms with Gasteiger partial charge in [0.1, 0.15) is 28.1 Å². The van der Waals surface area contributed by atoms with Crippen LogP contribution in [0.25, 0.3) is 66.1 Å². The van der Waals surface area contributed by atoms with Crippen molar-refractivity contribution < 1.29 is 37.8 Å². The van der Waals surface area contributed by atoms with Crippen molar-refractivity contribution in [2.45, 2.75) is 19.8 Å². The first-order chi connectivity index (χ1) is 22.6. The molecule has 2 heterocycles. The van der Waals surface area contributed by atoms with Gasteiger partial charge in [0, 0.05) is 20.6 Å². The Morgan fingerprint density at radius 2 is 1.02 bits per heavy atom. The number of aromatic hydroxyl groups is 1. The quantitative estimate of drug-likeness (QED) is 0.145. The zero-order chi connectivity index (χ0) is 32.5. The summed E-state index contributed by atoms with van der Waals surface area (Å²) in [5.41, 5.74) is 8.04. The molecule has 0 unspecified atom stereocenters. The predicted octanol–water partition coefficient (Wildman–Crippen LogP) is 8.66. The molecule has 7 heteroatoms. The van der Waals surface area contributed by atoms with E-state index in [9.17, 15) is 5.11 Å². The minimum Gasteiger partial charge on any atom is -0.507 e. The van der Waals surface area contributed by atoms with Gasteiger partial charge in [0.2, 0.25) is 0 Å². The van der Waals surface area contributed by atoms with Crippen molar-refractivity contribution in [2.24, 2.45) is 0 Å². The van der Waals surface area contributed by atoms with Crippen LogP contribution in [-0.4, -0.2) is 18.2 Å². The van der Waals surface area contributed by atoms with Crippen molar-refractivity contribution in [2.75, 3.05) is 0 Å². The van der Waals surface area contributed by atoms with Crippen LogP contribution >= 0.6 is 15.9 Å². The van der Waals surface area contributed by atoms with Crippen molar-refractivity contribution in [1.29, 1.82) is 0 Å². The van der Waals surface area contributed by atoms with Gasteiger partial charge >= 0.3 is 18.9 Å². The van der Waals surface area contributed by atoms with Gasteiger partial charge < -0.3 is 25.9 Å². The molecule has 4 nitrogen and oxygen atoms in total. The molecule has 0 aliphatic rings. The average molecular weight is 675 g/mol. The van der Waals surface area contributed by atoms with Gasteiger partial charge in [-0.2, -0.15) is 6.42 Å². The normalized spacial score (nSPS) is 10.3. The summed E-state index contributed by atoms with van der Waals surface area (Å²) in [4.78, 5) is 0. The fourth-order valence-electron chi connectivity index (χ4n) is 5.21. The third-order valence-electron chi connectivity index (χ3n) is 7.49. The number of phenols is 1. The number of benzene rings is 6. The monoisotopic (exact) mass is 674 g/mol. The first-order valence-corrected chi connectivity index (χ1v) is 15.8. The third-order valence-corrected chi connectivity index (χ3v) is 8.15. The Hall–Kier alpha value is -4.18. The average Bonchev–Trinajstić information content (AvgIpc) is 3.69. The molecule has 47 heavy (non-hydrogen) atoms. The second kappa shape index (κ2) is 17.1. The van der Waals surface area contributed by atoms with Crippen molar-refractivity contribution in [1.82, 2.24) is 0 Å². The molecule has 0 bridgehead atoms. The van der Waals surface area contributed by atoms with Gasteiger partial charge in [-0.25, -0.2) is 0 Å². The number of fused-ring (bicyclic) bond motifs is 6. The molecule has 0 fully saturated rings. The van der Waals surface area contributed by atoms with Crippen molar-refractivity contribution in [3.8, 4) is 28.0 Å². The molecule has 2 aromatic heterocycles. The molecule has 8 rings (SSSR count). The summed E-state index contributed by atoms with van der Waals surface area (Å²) < 4.78 is 12.7. The summed E-state index contributed by atoms with van der Waals surface area (Å²) in [6, 6.07) is 44.4. The molecule has 228 valence electrons. The topological polar surface area (TPSA) is 66.7 Å². The summed E-state index contributed by atoms with van der Waals surface area (Å²) in [6.45, 7) is 5.72. The number of phenolic OH excluding ortho intramolecular Hbond substituents is 1. The molecule has 2 N–H and O–H groups in total. The molecule has 0 saturated carbocycles. The van der Waals surface area contributed by atoms with Crippen LogP contribution in [0.15, 0.2) is 147 Å². The zero-order valence-corrected chi connectivity index (χ0v) is 28.1. The Balaban J connectivity index is 0.000000180. The van der Waals surface area contributed by atoms with E-state index in [1.807, 2.05) is 66.7 Å². The molecule has 0 saturated heterocycles. The van der Waals surface area contributed by atoms with E-state index in [0.29, 0.717) is 5.58 Å². The summed E-state index contributed by atoms with van der Waals surface area (Å²) in [7, 11) is 3.50. The molecule has 0 spiro atoms. The summed E-state index contributed by atoms with van der Waals surface area (Å²) >= 11 is 3.62. The second-order valence-corrected chi connectivity index (χ2v) is 11.3. The Labute approximate surface area is 296 Å². The third kappa shape index (κ3) is 8.04. The first-order valence-electron chi connectivity index (χ1n) is 15.0. The Morgan fingerprint density at radius 1 is 0.574 bits per heavy atom. The summed E-state index contributed by atoms with van der Waals surface area (Å²) in [5, 5.41) is 20.6. The maximum absolute atomic E-state index is 10.1. The van der Waals surface area contributed by atoms with Crippen molar-refractivity contribution in [3.63, 3.8) is 0 Å². The molecular weight excluding hydrogens is 642 g/mol. The van der Waals surface area contributed by atoms with Crippen LogP contribution < -0.4 is 18.9 Å². The van der Waals surface area contributed by atoms with Gasteiger partial charge in [0.15, 0.2) is 0 Å². The predicted molar refractivity (Wildman–Crippen MR) is 196 cm³/mol. The molecule has 6 aromatic carbocycles. The van der Waals surface area contributed by atoms with Gasteiger partial charge in [-0.15, -0.1) is 0 Å². The van der Waals surface area contributed by atoms with Crippen LogP contribution in [0, 0.1) is 6.92 Å². The van der Waals surface area contributed by atoms with E-state index in [0.717, 1.165) is 60.3 Å². The first kappa shape index (κ1) is 35.7. The minimum atomic E-state index is 0. The van der Waals surface area contributed by atoms with Crippen LogP contribution in [0.3, 0.4) is 0 Å². The van der Waals surface area contributed by atoms with Crippen molar-refractivity contribution in [3.05, 3.63) is 145 Å². The number of unbranched alkanes of at least 4 members (excludes halogenated alkanes) is 1. The standard InChI is InChI=1S/C18H11BrO.C18H12O2.C4H9.BHO.Li/c2*19-15-7-4-8-17-18(15)14-11-13(9-10-16(14)20-17)12-5-2-1-3-6-12;1-3-4-2;1-2;/h1-11H;1-11,19H;1,3-4H2,2H3;2H;/q;;-1;;+1. The fourth-order valence-corrected chi connectivity index (χ4v) is 5.77. The SMILES string of the molecule is Brc1cccc2oc3ccc(-c4ccccc4)cc3c12.Oc1cccc2oc3ccc(-c4ccccc4)cc3c12.[B]O.[CH2-]CCC.[Li+]. The van der Waals surface area contributed by atoms with E-state index in [1.165, 1.54) is 17.5 Å². The van der Waals surface area contributed by atoms with Gasteiger partial charge in [0.25, 0.3) is 8.05 Å². The van der Waals surface area contributed by atoms with Gasteiger partial charge in [-0.05, 0) is 70.8 Å². The number of rotatable bonds is 3. The molecule has 0 aliphatic heterocycles. The summed E-state index contributed by atoms with van der Waals surface area (Å²) in [6.07, 6.45) is 2.28. The van der Waals surface area contributed by atoms with E-state index in [1.54, 1.807) is 12.1 Å². The Bertz CT molecular complexity index is 2020. The van der Waals surface area contributed by atoms with E-state index in [4.69, 9.17) is 13.9 Å². The summed E-state index contributed by atoms with van der Waals surface area (Å²) in [5.74, 6) is 0.256. The van der Waals surface area contributed by atoms with Gasteiger partial charge in [-0.3, -0.25) is 0 Å². The number of halogens is 1. The van der Waals surface area contributed by atoms with Gasteiger partial charge in [0.05, 0.1) is 5.39 Å². The largest absolute Gasteiger partial charge is 1.00 e. The van der Waals surface area contributed by atoms with Crippen LogP contribution in [-0.2, 0) is 0 Å². The van der Waals surface area contributed by atoms with Crippen LogP contribution in [0.5, 0.6) is 5.75 Å². The van der Waals surface area contributed by atoms with Crippen LogP contribution in [0.4, 0.5) is 0 Å². The molecule has 2 radical (unpaired) electrons. The number of furan rings is 2. The second-order valence-electron chi connectivity index (χ2n) is 10.5. The van der Waals surface area contributed by atoms with Gasteiger partial charge in [-0.1, -0.05) is 114 Å². The van der Waals surface area contributed by atoms with Crippen LogP contribution in [0.2, 0.25) is 0 Å². The maximum atomic E-state index is 10.1. The minimum absolute atomic E-state index is 0. The maximum Gasteiger partial charge on any atom is 1.00 e. The number of hydrogen-bond acceptors (Lipinski definition) is 4. The Kier molecular flexibility index (Phi) is 13.0. The molecular formula is C40H33BBrLiO4. The number of hydrogen-bond donors (Lipinski definition) is 2. The van der Waals surface area contributed by atoms with E-state index < -0.39 is 0 Å². The Morgan fingerprint density at radius 3 is 1.51 bits per heavy atom. The molecule has 0 aliphatic carbocycles. The fraction of sp³-hybridized carbons (Fsp3) is 0.0750.